The molecule has 0 saturated carbocycles. The molecule has 0 aliphatic carbocycles. The van der Waals surface area contributed by atoms with Crippen LogP contribution in [0.15, 0.2) is 35.2 Å². The molecule has 0 aromatic heterocycles. The fourth-order valence-corrected chi connectivity index (χ4v) is 1.56. The molecule has 0 bridgehead atoms. The third-order valence-corrected chi connectivity index (χ3v) is 1.86. The zero-order chi connectivity index (χ0) is 6.53. The molecule has 1 aromatic rings. The van der Waals surface area contributed by atoms with Gasteiger partial charge in [-0.25, -0.2) is 0 Å². The fraction of sp³-hybridized carbons (Fsp3) is 0. The van der Waals surface area contributed by atoms with Gasteiger partial charge in [-0.1, -0.05) is 0 Å². The molecule has 0 aliphatic heterocycles. The number of benzene rings is 1. The van der Waals surface area contributed by atoms with Gasteiger partial charge in [0, 0.05) is 0 Å². The third-order valence-electron chi connectivity index (χ3n) is 1.16. The molecule has 0 unspecified atom stereocenters. The van der Waals surface area contributed by atoms with Crippen molar-refractivity contribution in [3.05, 3.63) is 40.8 Å². The van der Waals surface area contributed by atoms with Gasteiger partial charge in [-0.15, -0.1) is 0 Å². The number of rotatable bonds is 1. The second kappa shape index (κ2) is 3.51. The van der Waals surface area contributed by atoms with Crippen LogP contribution in [-0.4, -0.2) is 16.5 Å². The molecule has 0 aliphatic rings. The van der Waals surface area contributed by atoms with Crippen LogP contribution in [0.1, 0.15) is 5.56 Å². The zero-order valence-corrected chi connectivity index (χ0v) is 9.74. The first-order valence-electron chi connectivity index (χ1n) is 3.11. The quantitative estimate of drug-likeness (QED) is 0.564. The summed E-state index contributed by atoms with van der Waals surface area (Å²) in [6.45, 7) is 0. The summed E-state index contributed by atoms with van der Waals surface area (Å²) >= 11 is 0.836. The summed E-state index contributed by atoms with van der Waals surface area (Å²) < 4.78 is 0. The van der Waals surface area contributed by atoms with Crippen molar-refractivity contribution in [1.29, 1.82) is 0 Å². The van der Waals surface area contributed by atoms with Crippen molar-refractivity contribution >= 4 is 22.6 Å². The molecule has 0 nitrogen and oxygen atoms in total. The van der Waals surface area contributed by atoms with Gasteiger partial charge in [0.1, 0.15) is 0 Å². The van der Waals surface area contributed by atoms with Crippen LogP contribution in [0.3, 0.4) is 0 Å². The molecular formula is C8H10Ge. The average molecular weight is 179 g/mol. The van der Waals surface area contributed by atoms with Gasteiger partial charge in [-0.3, -0.25) is 0 Å². The SMILES string of the molecule is [GeH3][CH]=Cc1ccccc1. The van der Waals surface area contributed by atoms with Gasteiger partial charge in [0.25, 0.3) is 0 Å². The Morgan fingerprint density at radius 2 is 1.78 bits per heavy atom. The second-order valence-electron chi connectivity index (χ2n) is 1.91. The van der Waals surface area contributed by atoms with E-state index in [2.05, 4.69) is 35.3 Å². The number of hydrogen-bond acceptors (Lipinski definition) is 0. The van der Waals surface area contributed by atoms with E-state index in [4.69, 9.17) is 0 Å². The molecule has 0 saturated heterocycles. The van der Waals surface area contributed by atoms with Crippen LogP contribution in [0.2, 0.25) is 0 Å². The van der Waals surface area contributed by atoms with Crippen LogP contribution in [0, 0.1) is 0 Å². The van der Waals surface area contributed by atoms with Crippen LogP contribution in [-0.2, 0) is 0 Å². The van der Waals surface area contributed by atoms with Crippen LogP contribution < -0.4 is 0 Å². The summed E-state index contributed by atoms with van der Waals surface area (Å²) in [5, 5.41) is 0. The van der Waals surface area contributed by atoms with E-state index in [1.54, 1.807) is 0 Å². The molecule has 0 atom stereocenters. The van der Waals surface area contributed by atoms with Gasteiger partial charge >= 0.3 is 63.4 Å². The Morgan fingerprint density at radius 3 is 2.33 bits per heavy atom. The Balaban J connectivity index is 2.85. The molecule has 0 spiro atoms. The van der Waals surface area contributed by atoms with E-state index in [1.165, 1.54) is 5.56 Å². The molecule has 1 rings (SSSR count). The van der Waals surface area contributed by atoms with Crippen molar-refractivity contribution in [2.45, 2.75) is 0 Å². The fourth-order valence-electron chi connectivity index (χ4n) is 0.757. The van der Waals surface area contributed by atoms with E-state index >= 15 is 0 Å². The Kier molecular flexibility index (Phi) is 2.58. The van der Waals surface area contributed by atoms with E-state index < -0.39 is 0 Å². The normalized spacial score (nSPS) is 10.7. The Bertz CT molecular complexity index is 189. The summed E-state index contributed by atoms with van der Waals surface area (Å²) in [5.41, 5.74) is 1.31. The van der Waals surface area contributed by atoms with Crippen molar-refractivity contribution in [2.75, 3.05) is 0 Å². The predicted molar refractivity (Wildman–Crippen MR) is 45.4 cm³/mol. The van der Waals surface area contributed by atoms with Crippen molar-refractivity contribution in [2.24, 2.45) is 0 Å². The minimum absolute atomic E-state index is 0.836. The van der Waals surface area contributed by atoms with Gasteiger partial charge in [-0.2, -0.15) is 0 Å². The van der Waals surface area contributed by atoms with E-state index in [9.17, 15) is 0 Å². The van der Waals surface area contributed by atoms with E-state index in [0.717, 1.165) is 16.5 Å². The van der Waals surface area contributed by atoms with Crippen LogP contribution >= 0.6 is 0 Å². The first-order valence-corrected chi connectivity index (χ1v) is 5.53. The van der Waals surface area contributed by atoms with E-state index in [1.807, 2.05) is 6.07 Å². The van der Waals surface area contributed by atoms with Gasteiger partial charge < -0.3 is 0 Å². The Hall–Kier alpha value is -0.497. The Morgan fingerprint density at radius 1 is 1.11 bits per heavy atom. The summed E-state index contributed by atoms with van der Waals surface area (Å²) in [4.78, 5) is 2.22. The van der Waals surface area contributed by atoms with Gasteiger partial charge in [0.15, 0.2) is 0 Å². The molecule has 0 radical (unpaired) electrons. The topological polar surface area (TPSA) is 0 Å². The van der Waals surface area contributed by atoms with Crippen LogP contribution in [0.25, 0.3) is 6.08 Å². The van der Waals surface area contributed by atoms with Gasteiger partial charge in [0.2, 0.25) is 0 Å². The van der Waals surface area contributed by atoms with Gasteiger partial charge in [-0.05, 0) is 0 Å². The molecule has 1 aromatic carbocycles. The second-order valence-corrected chi connectivity index (χ2v) is 3.31. The first-order chi connectivity index (χ1) is 4.43. The van der Waals surface area contributed by atoms with E-state index in [-0.39, 0.29) is 0 Å². The molecule has 46 valence electrons. The summed E-state index contributed by atoms with van der Waals surface area (Å²) in [6.07, 6.45) is 2.17. The van der Waals surface area contributed by atoms with Crippen molar-refractivity contribution in [3.63, 3.8) is 0 Å². The summed E-state index contributed by atoms with van der Waals surface area (Å²) in [6, 6.07) is 10.4. The molecule has 0 amide bonds. The van der Waals surface area contributed by atoms with Crippen molar-refractivity contribution < 1.29 is 0 Å². The van der Waals surface area contributed by atoms with Crippen molar-refractivity contribution in [1.82, 2.24) is 0 Å². The molecule has 1 heteroatoms. The van der Waals surface area contributed by atoms with Crippen LogP contribution in [0.5, 0.6) is 0 Å². The predicted octanol–water partition coefficient (Wildman–Crippen LogP) is 1.02. The Labute approximate surface area is 63.8 Å². The average Bonchev–Trinajstić information content (AvgIpc) is 1.91. The monoisotopic (exact) mass is 180 g/mol. The molecule has 0 N–H and O–H groups in total. The molecule has 0 fully saturated rings. The summed E-state index contributed by atoms with van der Waals surface area (Å²) in [5.74, 6) is 0. The first kappa shape index (κ1) is 6.62. The van der Waals surface area contributed by atoms with Crippen molar-refractivity contribution in [3.8, 4) is 0 Å². The maximum absolute atomic E-state index is 2.22. The third kappa shape index (κ3) is 2.06. The number of hydrogen-bond donors (Lipinski definition) is 0. The maximum atomic E-state index is 2.22. The summed E-state index contributed by atoms with van der Waals surface area (Å²) in [7, 11) is 0. The molecular weight excluding hydrogens is 169 g/mol. The van der Waals surface area contributed by atoms with Crippen LogP contribution in [0.4, 0.5) is 0 Å². The minimum atomic E-state index is 0.836. The van der Waals surface area contributed by atoms with Gasteiger partial charge in [0.05, 0.1) is 0 Å². The molecule has 9 heavy (non-hydrogen) atoms. The zero-order valence-electron chi connectivity index (χ0n) is 5.54. The standard InChI is InChI=1S/C8H10Ge/c9-7-6-8-4-2-1-3-5-8/h1-7H,9H3. The van der Waals surface area contributed by atoms with E-state index in [0.29, 0.717) is 0 Å². The molecule has 0 heterocycles.